The molecule has 34 heavy (non-hydrogen) atoms. The van der Waals surface area contributed by atoms with E-state index in [-0.39, 0.29) is 52.9 Å². The summed E-state index contributed by atoms with van der Waals surface area (Å²) in [6, 6.07) is 9.34. The van der Waals surface area contributed by atoms with Crippen LogP contribution in [0.25, 0.3) is 0 Å². The Bertz CT molecular complexity index is 1250. The van der Waals surface area contributed by atoms with Crippen molar-refractivity contribution < 1.29 is 27.2 Å². The molecule has 1 aliphatic heterocycles. The zero-order valence-electron chi connectivity index (χ0n) is 18.5. The minimum Gasteiger partial charge on any atom is -0.326 e. The Morgan fingerprint density at radius 1 is 1.00 bits per heavy atom. The molecule has 1 saturated heterocycles. The predicted octanol–water partition coefficient (Wildman–Crippen LogP) is 3.21. The minimum absolute atomic E-state index is 0.0281. The lowest BCUT2D eigenvalue weighted by Gasteiger charge is -2.15. The highest BCUT2D eigenvalue weighted by molar-refractivity contribution is 7.92. The summed E-state index contributed by atoms with van der Waals surface area (Å²) in [5, 5.41) is 2.63. The fourth-order valence-corrected chi connectivity index (χ4v) is 5.55. The molecule has 8 nitrogen and oxygen atoms in total. The van der Waals surface area contributed by atoms with Gasteiger partial charge in [-0.3, -0.25) is 24.0 Å². The summed E-state index contributed by atoms with van der Waals surface area (Å²) in [5.74, 6) is -2.13. The molecule has 2 atom stereocenters. The van der Waals surface area contributed by atoms with Crippen LogP contribution in [0.5, 0.6) is 0 Å². The Hall–Kier alpha value is -3.53. The van der Waals surface area contributed by atoms with Crippen LogP contribution in [0.3, 0.4) is 0 Å². The molecule has 2 N–H and O–H groups in total. The number of rotatable bonds is 7. The normalized spacial score (nSPS) is 19.8. The summed E-state index contributed by atoms with van der Waals surface area (Å²) in [5.41, 5.74) is 0.912. The molecule has 0 bridgehead atoms. The molecule has 2 aromatic carbocycles. The van der Waals surface area contributed by atoms with Gasteiger partial charge in [0, 0.05) is 24.3 Å². The molecule has 2 aromatic rings. The first-order valence-electron chi connectivity index (χ1n) is 10.8. The number of nitrogens with zero attached hydrogens (tertiary/aromatic N) is 1. The van der Waals surface area contributed by atoms with Gasteiger partial charge in [0.05, 0.1) is 16.7 Å². The molecule has 3 amide bonds. The van der Waals surface area contributed by atoms with Crippen LogP contribution in [-0.4, -0.2) is 37.6 Å². The Morgan fingerprint density at radius 3 is 2.21 bits per heavy atom. The van der Waals surface area contributed by atoms with Crippen LogP contribution in [0, 0.1) is 24.6 Å². The number of sulfonamides is 1. The molecule has 2 aliphatic rings. The van der Waals surface area contributed by atoms with E-state index in [0.717, 1.165) is 17.0 Å². The van der Waals surface area contributed by atoms with Crippen molar-refractivity contribution >= 4 is 39.1 Å². The first-order chi connectivity index (χ1) is 16.2. The number of hydrogen-bond donors (Lipinski definition) is 2. The second-order valence-electron chi connectivity index (χ2n) is 8.37. The van der Waals surface area contributed by atoms with Crippen molar-refractivity contribution in [3.8, 4) is 0 Å². The summed E-state index contributed by atoms with van der Waals surface area (Å²) in [7, 11) is -3.99. The second kappa shape index (κ2) is 9.38. The monoisotopic (exact) mass is 485 g/mol. The summed E-state index contributed by atoms with van der Waals surface area (Å²) in [4.78, 5) is 38.7. The summed E-state index contributed by atoms with van der Waals surface area (Å²) in [6.07, 6.45) is 4.76. The van der Waals surface area contributed by atoms with E-state index in [1.165, 1.54) is 18.2 Å². The maximum absolute atomic E-state index is 13.1. The van der Waals surface area contributed by atoms with Gasteiger partial charge in [-0.15, -0.1) is 0 Å². The summed E-state index contributed by atoms with van der Waals surface area (Å²) >= 11 is 0. The van der Waals surface area contributed by atoms with Gasteiger partial charge in [-0.25, -0.2) is 12.8 Å². The number of amides is 3. The largest absolute Gasteiger partial charge is 0.326 e. The molecular formula is C24H24FN3O5S. The quantitative estimate of drug-likeness (QED) is 0.462. The van der Waals surface area contributed by atoms with Crippen molar-refractivity contribution in [3.05, 3.63) is 66.0 Å². The van der Waals surface area contributed by atoms with Crippen LogP contribution in [0.15, 0.2) is 59.5 Å². The molecule has 10 heteroatoms. The molecule has 1 fully saturated rings. The number of carbonyl (C=O) groups excluding carboxylic acids is 3. The molecule has 0 radical (unpaired) electrons. The molecule has 1 aliphatic carbocycles. The number of imide groups is 1. The van der Waals surface area contributed by atoms with E-state index in [4.69, 9.17) is 0 Å². The van der Waals surface area contributed by atoms with Crippen LogP contribution in [-0.2, 0) is 24.4 Å². The van der Waals surface area contributed by atoms with E-state index in [9.17, 15) is 27.2 Å². The number of benzene rings is 2. The van der Waals surface area contributed by atoms with E-state index in [1.54, 1.807) is 19.1 Å². The van der Waals surface area contributed by atoms with Crippen molar-refractivity contribution in [2.75, 3.05) is 16.6 Å². The van der Waals surface area contributed by atoms with E-state index in [2.05, 4.69) is 10.0 Å². The van der Waals surface area contributed by atoms with Gasteiger partial charge in [0.1, 0.15) is 5.82 Å². The zero-order chi connectivity index (χ0) is 24.5. The van der Waals surface area contributed by atoms with Crippen molar-refractivity contribution in [3.63, 3.8) is 0 Å². The van der Waals surface area contributed by atoms with Gasteiger partial charge in [0.15, 0.2) is 0 Å². The Morgan fingerprint density at radius 2 is 1.59 bits per heavy atom. The molecular weight excluding hydrogens is 461 g/mol. The standard InChI is InChI=1S/C24H24FN3O5S/c1-15-6-9-18(14-21(15)34(32,33)27-17-10-7-16(25)8-11-17)26-22(29)12-13-28-23(30)19-4-2-3-5-20(19)24(28)31/h2-3,6-11,14,19-20,27H,4-5,12-13H2,1H3,(H,26,29)/t19-,20+. The van der Waals surface area contributed by atoms with E-state index >= 15 is 0 Å². The number of nitrogens with one attached hydrogen (secondary N) is 2. The third-order valence-electron chi connectivity index (χ3n) is 6.02. The van der Waals surface area contributed by atoms with Crippen LogP contribution < -0.4 is 10.0 Å². The zero-order valence-corrected chi connectivity index (χ0v) is 19.3. The summed E-state index contributed by atoms with van der Waals surface area (Å²) < 4.78 is 41.2. The number of aryl methyl sites for hydroxylation is 1. The lowest BCUT2D eigenvalue weighted by Crippen LogP contribution is -2.34. The molecule has 0 spiro atoms. The second-order valence-corrected chi connectivity index (χ2v) is 10.0. The lowest BCUT2D eigenvalue weighted by atomic mass is 9.85. The number of halogens is 1. The number of fused-ring (bicyclic) bond motifs is 1. The van der Waals surface area contributed by atoms with Gasteiger partial charge in [-0.1, -0.05) is 18.2 Å². The molecule has 1 heterocycles. The smallest absolute Gasteiger partial charge is 0.262 e. The number of anilines is 2. The lowest BCUT2D eigenvalue weighted by molar-refractivity contribution is -0.140. The maximum Gasteiger partial charge on any atom is 0.262 e. The van der Waals surface area contributed by atoms with Gasteiger partial charge >= 0.3 is 0 Å². The topological polar surface area (TPSA) is 113 Å². The van der Waals surface area contributed by atoms with Gasteiger partial charge in [-0.05, 0) is 61.7 Å². The average molecular weight is 486 g/mol. The van der Waals surface area contributed by atoms with Crippen LogP contribution in [0.4, 0.5) is 15.8 Å². The number of hydrogen-bond acceptors (Lipinski definition) is 5. The third kappa shape index (κ3) is 4.86. The highest BCUT2D eigenvalue weighted by atomic mass is 32.2. The minimum atomic E-state index is -3.99. The van der Waals surface area contributed by atoms with Gasteiger partial charge < -0.3 is 5.32 Å². The molecule has 178 valence electrons. The van der Waals surface area contributed by atoms with Crippen molar-refractivity contribution in [1.29, 1.82) is 0 Å². The van der Waals surface area contributed by atoms with Gasteiger partial charge in [0.2, 0.25) is 17.7 Å². The number of likely N-dealkylation sites (tertiary alicyclic amines) is 1. The van der Waals surface area contributed by atoms with Gasteiger partial charge in [0.25, 0.3) is 10.0 Å². The predicted molar refractivity (Wildman–Crippen MR) is 124 cm³/mol. The van der Waals surface area contributed by atoms with Crippen LogP contribution in [0.1, 0.15) is 24.8 Å². The fourth-order valence-electron chi connectivity index (χ4n) is 4.22. The van der Waals surface area contributed by atoms with Gasteiger partial charge in [-0.2, -0.15) is 0 Å². The number of allylic oxidation sites excluding steroid dienone is 2. The Labute approximate surface area is 196 Å². The SMILES string of the molecule is Cc1ccc(NC(=O)CCN2C(=O)[C@H]3CC=CC[C@H]3C2=O)cc1S(=O)(=O)Nc1ccc(F)cc1. The Balaban J connectivity index is 1.41. The number of carbonyl (C=O) groups is 3. The van der Waals surface area contributed by atoms with E-state index < -0.39 is 21.7 Å². The van der Waals surface area contributed by atoms with E-state index in [1.807, 2.05) is 12.2 Å². The fraction of sp³-hybridized carbons (Fsp3) is 0.292. The first kappa shape index (κ1) is 23.6. The highest BCUT2D eigenvalue weighted by Gasteiger charge is 2.46. The summed E-state index contributed by atoms with van der Waals surface area (Å²) in [6.45, 7) is 1.59. The molecule has 0 unspecified atom stereocenters. The first-order valence-corrected chi connectivity index (χ1v) is 12.3. The highest BCUT2D eigenvalue weighted by Crippen LogP contribution is 2.35. The third-order valence-corrected chi connectivity index (χ3v) is 7.54. The van der Waals surface area contributed by atoms with E-state index in [0.29, 0.717) is 18.4 Å². The van der Waals surface area contributed by atoms with Crippen LogP contribution >= 0.6 is 0 Å². The van der Waals surface area contributed by atoms with Crippen molar-refractivity contribution in [2.45, 2.75) is 31.1 Å². The van der Waals surface area contributed by atoms with Crippen molar-refractivity contribution in [1.82, 2.24) is 4.90 Å². The maximum atomic E-state index is 13.1. The van der Waals surface area contributed by atoms with Crippen LogP contribution in [0.2, 0.25) is 0 Å². The molecule has 0 saturated carbocycles. The average Bonchev–Trinajstić information content (AvgIpc) is 3.05. The van der Waals surface area contributed by atoms with Crippen molar-refractivity contribution in [2.24, 2.45) is 11.8 Å². The molecule has 0 aromatic heterocycles. The molecule has 4 rings (SSSR count). The Kier molecular flexibility index (Phi) is 6.52.